The van der Waals surface area contributed by atoms with Crippen molar-refractivity contribution in [1.82, 2.24) is 0 Å². The highest BCUT2D eigenvalue weighted by Crippen LogP contribution is 2.18. The van der Waals surface area contributed by atoms with Crippen LogP contribution in [0.25, 0.3) is 0 Å². The summed E-state index contributed by atoms with van der Waals surface area (Å²) in [5, 5.41) is 21.0. The second-order valence-electron chi connectivity index (χ2n) is 1.70. The molecule has 0 aromatic heterocycles. The average molecular weight is 128 g/mol. The molecule has 0 saturated carbocycles. The van der Waals surface area contributed by atoms with E-state index in [-0.39, 0.29) is 0 Å². The summed E-state index contributed by atoms with van der Waals surface area (Å²) in [5.74, 6) is -1.15. The van der Waals surface area contributed by atoms with Gasteiger partial charge in [-0.25, -0.2) is 4.79 Å². The third-order valence-electron chi connectivity index (χ3n) is 0.924. The van der Waals surface area contributed by atoms with Crippen molar-refractivity contribution in [1.29, 1.82) is 0 Å². The molecule has 1 rings (SSSR count). The third-order valence-corrected chi connectivity index (χ3v) is 0.924. The van der Waals surface area contributed by atoms with Gasteiger partial charge < -0.3 is 5.11 Å². The molecule has 0 unspecified atom stereocenters. The second-order valence-corrected chi connectivity index (χ2v) is 1.70. The van der Waals surface area contributed by atoms with Crippen LogP contribution in [0.5, 0.6) is 0 Å². The molecule has 6 heteroatoms. The standard InChI is InChI=1S/C3H4N4O2/c1-3(2(8)9)4-6-7-5-3/h1H3,(H,8,9). The van der Waals surface area contributed by atoms with Gasteiger partial charge in [-0.2, -0.15) is 0 Å². The molecule has 0 atom stereocenters. The smallest absolute Gasteiger partial charge is 0.358 e. The Hall–Kier alpha value is -1.33. The van der Waals surface area contributed by atoms with E-state index < -0.39 is 11.6 Å². The maximum Gasteiger partial charge on any atom is 0.358 e. The molecule has 0 aliphatic carbocycles. The van der Waals surface area contributed by atoms with Gasteiger partial charge in [0.15, 0.2) is 0 Å². The molecule has 0 aromatic carbocycles. The minimum absolute atomic E-state index is 1.15. The minimum Gasteiger partial charge on any atom is -0.478 e. The molecule has 0 amide bonds. The van der Waals surface area contributed by atoms with Crippen molar-refractivity contribution in [2.24, 2.45) is 20.7 Å². The van der Waals surface area contributed by atoms with E-state index in [1.165, 1.54) is 6.92 Å². The molecule has 48 valence electrons. The van der Waals surface area contributed by atoms with Gasteiger partial charge in [0, 0.05) is 0 Å². The monoisotopic (exact) mass is 128 g/mol. The summed E-state index contributed by atoms with van der Waals surface area (Å²) in [5.41, 5.74) is -1.47. The van der Waals surface area contributed by atoms with Crippen LogP contribution >= 0.6 is 0 Å². The van der Waals surface area contributed by atoms with Crippen LogP contribution in [0, 0.1) is 0 Å². The van der Waals surface area contributed by atoms with E-state index in [0.29, 0.717) is 0 Å². The predicted molar refractivity (Wildman–Crippen MR) is 25.8 cm³/mol. The molecule has 1 aliphatic heterocycles. The number of aliphatic carboxylic acids is 1. The summed E-state index contributed by atoms with van der Waals surface area (Å²) >= 11 is 0. The van der Waals surface area contributed by atoms with Gasteiger partial charge in [0.25, 0.3) is 5.66 Å². The van der Waals surface area contributed by atoms with E-state index in [4.69, 9.17) is 5.11 Å². The number of rotatable bonds is 1. The van der Waals surface area contributed by atoms with Crippen molar-refractivity contribution in [2.45, 2.75) is 12.6 Å². The molecule has 0 spiro atoms. The molecule has 0 bridgehead atoms. The minimum atomic E-state index is -1.47. The van der Waals surface area contributed by atoms with Gasteiger partial charge in [0.2, 0.25) is 0 Å². The Labute approximate surface area is 50.3 Å². The summed E-state index contributed by atoms with van der Waals surface area (Å²) in [6, 6.07) is 0. The Morgan fingerprint density at radius 2 is 1.89 bits per heavy atom. The Morgan fingerprint density at radius 3 is 2.11 bits per heavy atom. The van der Waals surface area contributed by atoms with E-state index in [1.807, 2.05) is 0 Å². The fourth-order valence-corrected chi connectivity index (χ4v) is 0.320. The van der Waals surface area contributed by atoms with Gasteiger partial charge in [-0.3, -0.25) is 0 Å². The molecule has 0 saturated heterocycles. The zero-order valence-corrected chi connectivity index (χ0v) is 4.64. The first-order valence-corrected chi connectivity index (χ1v) is 2.22. The van der Waals surface area contributed by atoms with Crippen LogP contribution in [0.1, 0.15) is 6.92 Å². The lowest BCUT2D eigenvalue weighted by molar-refractivity contribution is -0.142. The van der Waals surface area contributed by atoms with Crippen LogP contribution in [0.2, 0.25) is 0 Å². The van der Waals surface area contributed by atoms with E-state index in [2.05, 4.69) is 20.7 Å². The van der Waals surface area contributed by atoms with Crippen molar-refractivity contribution in [3.63, 3.8) is 0 Å². The maximum absolute atomic E-state index is 10.2. The van der Waals surface area contributed by atoms with Crippen LogP contribution < -0.4 is 0 Å². The number of carboxylic acid groups (broad SMARTS) is 1. The van der Waals surface area contributed by atoms with E-state index in [1.54, 1.807) is 0 Å². The zero-order valence-electron chi connectivity index (χ0n) is 4.64. The first kappa shape index (κ1) is 5.80. The molecule has 1 N–H and O–H groups in total. The molecule has 0 radical (unpaired) electrons. The van der Waals surface area contributed by atoms with Crippen LogP contribution in [0.4, 0.5) is 0 Å². The summed E-state index contributed by atoms with van der Waals surface area (Å²) < 4.78 is 0. The highest BCUT2D eigenvalue weighted by atomic mass is 16.4. The van der Waals surface area contributed by atoms with Gasteiger partial charge in [0.05, 0.1) is 0 Å². The van der Waals surface area contributed by atoms with Gasteiger partial charge in [0.1, 0.15) is 0 Å². The van der Waals surface area contributed by atoms with Crippen molar-refractivity contribution in [3.8, 4) is 0 Å². The van der Waals surface area contributed by atoms with Crippen LogP contribution in [-0.2, 0) is 4.79 Å². The van der Waals surface area contributed by atoms with Gasteiger partial charge in [-0.15, -0.1) is 10.2 Å². The van der Waals surface area contributed by atoms with E-state index in [9.17, 15) is 4.79 Å². The summed E-state index contributed by atoms with van der Waals surface area (Å²) in [7, 11) is 0. The Balaban J connectivity index is 2.88. The number of carbonyl (C=O) groups is 1. The topological polar surface area (TPSA) is 86.7 Å². The lowest BCUT2D eigenvalue weighted by Crippen LogP contribution is -2.28. The first-order valence-electron chi connectivity index (χ1n) is 2.22. The maximum atomic E-state index is 10.2. The number of hydrogen-bond donors (Lipinski definition) is 1. The Kier molecular flexibility index (Phi) is 1.01. The normalized spacial score (nSPS) is 20.6. The predicted octanol–water partition coefficient (Wildman–Crippen LogP) is 0.620. The molecule has 0 aromatic rings. The molecular formula is C3H4N4O2. The Morgan fingerprint density at radius 1 is 1.44 bits per heavy atom. The first-order chi connectivity index (χ1) is 4.15. The fraction of sp³-hybridized carbons (Fsp3) is 0.667. The number of nitrogens with zero attached hydrogens (tertiary/aromatic N) is 4. The van der Waals surface area contributed by atoms with Crippen molar-refractivity contribution in [3.05, 3.63) is 0 Å². The number of carboxylic acids is 1. The highest BCUT2D eigenvalue weighted by molar-refractivity contribution is 5.77. The summed E-state index contributed by atoms with van der Waals surface area (Å²) in [6.45, 7) is 1.31. The quantitative estimate of drug-likeness (QED) is 0.561. The van der Waals surface area contributed by atoms with Crippen LogP contribution in [0.3, 0.4) is 0 Å². The molecule has 0 fully saturated rings. The SMILES string of the molecule is CC1(C(=O)O)N=NN=N1. The van der Waals surface area contributed by atoms with Gasteiger partial charge in [-0.05, 0) is 17.4 Å². The van der Waals surface area contributed by atoms with E-state index in [0.717, 1.165) is 0 Å². The van der Waals surface area contributed by atoms with Crippen molar-refractivity contribution >= 4 is 5.97 Å². The zero-order chi connectivity index (χ0) is 6.91. The third kappa shape index (κ3) is 0.778. The lowest BCUT2D eigenvalue weighted by Gasteiger charge is -2.03. The largest absolute Gasteiger partial charge is 0.478 e. The van der Waals surface area contributed by atoms with Gasteiger partial charge in [-0.1, -0.05) is 0 Å². The van der Waals surface area contributed by atoms with Gasteiger partial charge >= 0.3 is 5.97 Å². The highest BCUT2D eigenvalue weighted by Gasteiger charge is 2.35. The molecular weight excluding hydrogens is 124 g/mol. The van der Waals surface area contributed by atoms with E-state index >= 15 is 0 Å². The van der Waals surface area contributed by atoms with Crippen LogP contribution in [-0.4, -0.2) is 16.7 Å². The molecule has 1 heterocycles. The fourth-order valence-electron chi connectivity index (χ4n) is 0.320. The number of hydrogen-bond acceptors (Lipinski definition) is 5. The second kappa shape index (κ2) is 1.57. The van der Waals surface area contributed by atoms with Crippen molar-refractivity contribution in [2.75, 3.05) is 0 Å². The average Bonchev–Trinajstić information content (AvgIpc) is 2.16. The summed E-state index contributed by atoms with van der Waals surface area (Å²) in [4.78, 5) is 10.2. The summed E-state index contributed by atoms with van der Waals surface area (Å²) in [6.07, 6.45) is 0. The molecule has 1 aliphatic rings. The lowest BCUT2D eigenvalue weighted by atomic mass is 10.2. The van der Waals surface area contributed by atoms with Crippen molar-refractivity contribution < 1.29 is 9.90 Å². The Bertz CT molecular complexity index is 184. The molecule has 9 heavy (non-hydrogen) atoms. The van der Waals surface area contributed by atoms with Crippen LogP contribution in [0.15, 0.2) is 20.7 Å². The molecule has 6 nitrogen and oxygen atoms in total.